The minimum Gasteiger partial charge on any atom is -0.355 e. The van der Waals surface area contributed by atoms with Crippen molar-refractivity contribution >= 4 is 23.2 Å². The van der Waals surface area contributed by atoms with Gasteiger partial charge in [-0.2, -0.15) is 0 Å². The van der Waals surface area contributed by atoms with E-state index in [1.807, 2.05) is 42.5 Å². The van der Waals surface area contributed by atoms with E-state index in [1.54, 1.807) is 12.1 Å². The number of para-hydroxylation sites is 2. The number of carbonyl (C=O) groups is 2. The van der Waals surface area contributed by atoms with Crippen LogP contribution in [-0.2, 0) is 4.79 Å². The van der Waals surface area contributed by atoms with Crippen LogP contribution in [0.15, 0.2) is 54.6 Å². The first kappa shape index (κ1) is 14.1. The van der Waals surface area contributed by atoms with Gasteiger partial charge in [-0.3, -0.25) is 20.4 Å². The van der Waals surface area contributed by atoms with Crippen molar-refractivity contribution in [1.29, 1.82) is 0 Å². The molecule has 1 saturated carbocycles. The number of hydrogen-bond donors (Lipinski definition) is 3. The van der Waals surface area contributed by atoms with Crippen molar-refractivity contribution in [2.24, 2.45) is 5.92 Å². The highest BCUT2D eigenvalue weighted by Crippen LogP contribution is 2.28. The van der Waals surface area contributed by atoms with E-state index in [9.17, 15) is 9.59 Å². The Labute approximate surface area is 128 Å². The Morgan fingerprint density at radius 3 is 2.27 bits per heavy atom. The number of benzene rings is 2. The first-order valence-electron chi connectivity index (χ1n) is 7.25. The highest BCUT2D eigenvalue weighted by Gasteiger charge is 2.29. The molecule has 3 N–H and O–H groups in total. The Hall–Kier alpha value is -2.82. The summed E-state index contributed by atoms with van der Waals surface area (Å²) in [5, 5.41) is 3.20. The standard InChI is InChI=1S/C17H17N3O2/c21-16(12-10-11-12)19-20-17(22)14-8-4-5-9-15(14)18-13-6-2-1-3-7-13/h1-9,12,18H,10-11H2,(H,19,21)(H,20,22). The summed E-state index contributed by atoms with van der Waals surface area (Å²) >= 11 is 0. The molecule has 5 heteroatoms. The molecule has 1 fully saturated rings. The van der Waals surface area contributed by atoms with Crippen molar-refractivity contribution in [3.05, 3.63) is 60.2 Å². The summed E-state index contributed by atoms with van der Waals surface area (Å²) in [5.74, 6) is -0.409. The molecule has 2 aromatic carbocycles. The topological polar surface area (TPSA) is 70.2 Å². The summed E-state index contributed by atoms with van der Waals surface area (Å²) in [6, 6.07) is 16.8. The van der Waals surface area contributed by atoms with E-state index in [2.05, 4.69) is 16.2 Å². The highest BCUT2D eigenvalue weighted by atomic mass is 16.2. The number of hydrazine groups is 1. The molecule has 0 radical (unpaired) electrons. The van der Waals surface area contributed by atoms with Crippen molar-refractivity contribution in [1.82, 2.24) is 10.9 Å². The summed E-state index contributed by atoms with van der Waals surface area (Å²) < 4.78 is 0. The number of carbonyl (C=O) groups excluding carboxylic acids is 2. The summed E-state index contributed by atoms with van der Waals surface area (Å²) in [6.07, 6.45) is 1.79. The fourth-order valence-electron chi connectivity index (χ4n) is 2.10. The van der Waals surface area contributed by atoms with Gasteiger partial charge in [-0.05, 0) is 37.1 Å². The molecule has 0 aromatic heterocycles. The summed E-state index contributed by atoms with van der Waals surface area (Å²) in [5.41, 5.74) is 6.99. The molecule has 2 amide bonds. The largest absolute Gasteiger partial charge is 0.355 e. The van der Waals surface area contributed by atoms with Crippen molar-refractivity contribution < 1.29 is 9.59 Å². The van der Waals surface area contributed by atoms with E-state index in [0.29, 0.717) is 11.3 Å². The van der Waals surface area contributed by atoms with Crippen LogP contribution >= 0.6 is 0 Å². The van der Waals surface area contributed by atoms with Crippen LogP contribution in [0.5, 0.6) is 0 Å². The fraction of sp³-hybridized carbons (Fsp3) is 0.176. The zero-order chi connectivity index (χ0) is 15.4. The van der Waals surface area contributed by atoms with E-state index in [4.69, 9.17) is 0 Å². The number of rotatable bonds is 4. The molecule has 2 aromatic rings. The van der Waals surface area contributed by atoms with Crippen LogP contribution in [0, 0.1) is 5.92 Å². The Morgan fingerprint density at radius 2 is 1.55 bits per heavy atom. The van der Waals surface area contributed by atoms with Gasteiger partial charge in [0.2, 0.25) is 5.91 Å². The van der Waals surface area contributed by atoms with Gasteiger partial charge in [-0.15, -0.1) is 0 Å². The minimum absolute atomic E-state index is 0.0537. The second kappa shape index (κ2) is 6.30. The quantitative estimate of drug-likeness (QED) is 0.759. The number of anilines is 2. The number of amides is 2. The van der Waals surface area contributed by atoms with Gasteiger partial charge >= 0.3 is 0 Å². The van der Waals surface area contributed by atoms with Crippen molar-refractivity contribution in [3.8, 4) is 0 Å². The van der Waals surface area contributed by atoms with Crippen LogP contribution in [0.1, 0.15) is 23.2 Å². The molecule has 0 heterocycles. The van der Waals surface area contributed by atoms with Crippen LogP contribution in [0.3, 0.4) is 0 Å². The van der Waals surface area contributed by atoms with Crippen molar-refractivity contribution in [2.75, 3.05) is 5.32 Å². The molecule has 3 rings (SSSR count). The second-order valence-electron chi connectivity index (χ2n) is 5.25. The summed E-state index contributed by atoms with van der Waals surface area (Å²) in [4.78, 5) is 23.8. The van der Waals surface area contributed by atoms with Crippen LogP contribution in [0.4, 0.5) is 11.4 Å². The van der Waals surface area contributed by atoms with E-state index in [0.717, 1.165) is 18.5 Å². The molecule has 1 aliphatic rings. The van der Waals surface area contributed by atoms with Gasteiger partial charge in [0.15, 0.2) is 0 Å². The molecule has 5 nitrogen and oxygen atoms in total. The SMILES string of the molecule is O=C(NNC(=O)C1CC1)c1ccccc1Nc1ccccc1. The maximum atomic E-state index is 12.2. The lowest BCUT2D eigenvalue weighted by Crippen LogP contribution is -2.42. The van der Waals surface area contributed by atoms with Gasteiger partial charge in [-0.1, -0.05) is 30.3 Å². The van der Waals surface area contributed by atoms with Crippen LogP contribution in [-0.4, -0.2) is 11.8 Å². The van der Waals surface area contributed by atoms with Gasteiger partial charge in [0, 0.05) is 11.6 Å². The lowest BCUT2D eigenvalue weighted by Gasteiger charge is -2.12. The summed E-state index contributed by atoms with van der Waals surface area (Å²) in [6.45, 7) is 0. The molecule has 112 valence electrons. The van der Waals surface area contributed by atoms with Gasteiger partial charge in [0.05, 0.1) is 11.3 Å². The predicted molar refractivity (Wildman–Crippen MR) is 84.5 cm³/mol. The maximum Gasteiger partial charge on any atom is 0.271 e. The first-order chi connectivity index (χ1) is 10.7. The van der Waals surface area contributed by atoms with Gasteiger partial charge in [0.25, 0.3) is 5.91 Å². The zero-order valence-electron chi connectivity index (χ0n) is 12.0. The molecule has 22 heavy (non-hydrogen) atoms. The van der Waals surface area contributed by atoms with E-state index >= 15 is 0 Å². The average Bonchev–Trinajstić information content (AvgIpc) is 3.39. The molecule has 1 aliphatic carbocycles. The third kappa shape index (κ3) is 3.44. The maximum absolute atomic E-state index is 12.2. The lowest BCUT2D eigenvalue weighted by atomic mass is 10.1. The van der Waals surface area contributed by atoms with Gasteiger partial charge < -0.3 is 5.32 Å². The van der Waals surface area contributed by atoms with E-state index in [1.165, 1.54) is 0 Å². The molecule has 0 spiro atoms. The predicted octanol–water partition coefficient (Wildman–Crippen LogP) is 2.60. The van der Waals surface area contributed by atoms with Crippen LogP contribution < -0.4 is 16.2 Å². The Bertz CT molecular complexity index is 681. The molecular formula is C17H17N3O2. The second-order valence-corrected chi connectivity index (χ2v) is 5.25. The van der Waals surface area contributed by atoms with Crippen LogP contribution in [0.2, 0.25) is 0 Å². The minimum atomic E-state index is -0.340. The molecule has 0 bridgehead atoms. The summed E-state index contributed by atoms with van der Waals surface area (Å²) in [7, 11) is 0. The Kier molecular flexibility index (Phi) is 4.05. The molecule has 0 aliphatic heterocycles. The van der Waals surface area contributed by atoms with Gasteiger partial charge in [0.1, 0.15) is 0 Å². The highest BCUT2D eigenvalue weighted by molar-refractivity contribution is 6.01. The lowest BCUT2D eigenvalue weighted by molar-refractivity contribution is -0.123. The number of hydrogen-bond acceptors (Lipinski definition) is 3. The average molecular weight is 295 g/mol. The Morgan fingerprint density at radius 1 is 0.864 bits per heavy atom. The van der Waals surface area contributed by atoms with E-state index < -0.39 is 0 Å². The van der Waals surface area contributed by atoms with E-state index in [-0.39, 0.29) is 17.7 Å². The molecule has 0 unspecified atom stereocenters. The molecular weight excluding hydrogens is 278 g/mol. The third-order valence-electron chi connectivity index (χ3n) is 3.47. The molecule has 0 saturated heterocycles. The third-order valence-corrected chi connectivity index (χ3v) is 3.47. The zero-order valence-corrected chi connectivity index (χ0v) is 12.0. The van der Waals surface area contributed by atoms with Gasteiger partial charge in [-0.25, -0.2) is 0 Å². The van der Waals surface area contributed by atoms with Crippen LogP contribution in [0.25, 0.3) is 0 Å². The molecule has 0 atom stereocenters. The monoisotopic (exact) mass is 295 g/mol. The fourth-order valence-corrected chi connectivity index (χ4v) is 2.10. The Balaban J connectivity index is 1.69. The smallest absolute Gasteiger partial charge is 0.271 e. The first-order valence-corrected chi connectivity index (χ1v) is 7.25. The van der Waals surface area contributed by atoms with Crippen molar-refractivity contribution in [3.63, 3.8) is 0 Å². The number of nitrogens with one attached hydrogen (secondary N) is 3. The van der Waals surface area contributed by atoms with Crippen molar-refractivity contribution in [2.45, 2.75) is 12.8 Å². The normalized spacial score (nSPS) is 13.3.